The Balaban J connectivity index is 3.50. The van der Waals surface area contributed by atoms with Crippen LogP contribution in [0.5, 0.6) is 0 Å². The van der Waals surface area contributed by atoms with Crippen LogP contribution in [0.25, 0.3) is 0 Å². The Bertz CT molecular complexity index is 306. The maximum atomic E-state index is 11.3. The molecule has 0 aliphatic heterocycles. The van der Waals surface area contributed by atoms with Gasteiger partial charge in [-0.3, -0.25) is 14.4 Å². The molecule has 0 aromatic carbocycles. The molecule has 0 aliphatic rings. The van der Waals surface area contributed by atoms with Crippen molar-refractivity contribution >= 4 is 17.8 Å². The highest BCUT2D eigenvalue weighted by atomic mass is 16.4. The molecule has 0 fully saturated rings. The fraction of sp³-hybridized carbons (Fsp3) is 0.750. The number of likely N-dealkylation sites (N-methyl/N-ethyl adjacent to an activating group) is 1. The Kier molecular flexibility index (Phi) is 9.42. The van der Waals surface area contributed by atoms with Gasteiger partial charge >= 0.3 is 11.9 Å². The van der Waals surface area contributed by atoms with E-state index in [1.54, 1.807) is 7.05 Å². The topological polar surface area (TPSA) is 116 Å². The molecule has 0 rings (SSSR count). The first kappa shape index (κ1) is 17.4. The number of carboxylic acid groups (broad SMARTS) is 2. The van der Waals surface area contributed by atoms with Gasteiger partial charge in [0.15, 0.2) is 0 Å². The fourth-order valence-electron chi connectivity index (χ4n) is 1.58. The Morgan fingerprint density at radius 3 is 2.26 bits per heavy atom. The van der Waals surface area contributed by atoms with Crippen LogP contribution in [0.2, 0.25) is 0 Å². The fourth-order valence-corrected chi connectivity index (χ4v) is 1.58. The second kappa shape index (κ2) is 10.3. The standard InChI is InChI=1S/C12H22N2O5/c1-13-9(12(18)19)5-2-3-8-14-10(15)6-4-7-11(16)17/h9,13H,2-8H2,1H3,(H,14,15)(H,16,17)(H,18,19)/t9-/m0/s1. The maximum Gasteiger partial charge on any atom is 0.320 e. The van der Waals surface area contributed by atoms with Gasteiger partial charge in [-0.25, -0.2) is 0 Å². The monoisotopic (exact) mass is 274 g/mol. The van der Waals surface area contributed by atoms with Crippen molar-refractivity contribution in [1.82, 2.24) is 10.6 Å². The zero-order valence-electron chi connectivity index (χ0n) is 11.1. The van der Waals surface area contributed by atoms with Crippen molar-refractivity contribution in [3.05, 3.63) is 0 Å². The summed E-state index contributed by atoms with van der Waals surface area (Å²) in [5.74, 6) is -1.94. The number of carboxylic acids is 2. The molecular formula is C12H22N2O5. The summed E-state index contributed by atoms with van der Waals surface area (Å²) in [5, 5.41) is 22.6. The first-order valence-corrected chi connectivity index (χ1v) is 6.36. The normalized spacial score (nSPS) is 11.8. The van der Waals surface area contributed by atoms with Crippen LogP contribution in [0.3, 0.4) is 0 Å². The van der Waals surface area contributed by atoms with Crippen molar-refractivity contribution in [1.29, 1.82) is 0 Å². The summed E-state index contributed by atoms with van der Waals surface area (Å²) in [6.45, 7) is 0.488. The summed E-state index contributed by atoms with van der Waals surface area (Å²) >= 11 is 0. The van der Waals surface area contributed by atoms with Gasteiger partial charge < -0.3 is 20.8 Å². The molecule has 0 saturated carbocycles. The largest absolute Gasteiger partial charge is 0.481 e. The van der Waals surface area contributed by atoms with Crippen LogP contribution in [0.4, 0.5) is 0 Å². The molecule has 110 valence electrons. The lowest BCUT2D eigenvalue weighted by Crippen LogP contribution is -2.33. The van der Waals surface area contributed by atoms with Crippen LogP contribution < -0.4 is 10.6 Å². The number of nitrogens with one attached hydrogen (secondary N) is 2. The third-order valence-corrected chi connectivity index (χ3v) is 2.68. The third kappa shape index (κ3) is 10.0. The Morgan fingerprint density at radius 1 is 1.05 bits per heavy atom. The van der Waals surface area contributed by atoms with Crippen LogP contribution in [0, 0.1) is 0 Å². The van der Waals surface area contributed by atoms with E-state index < -0.39 is 18.0 Å². The molecule has 0 saturated heterocycles. The average Bonchev–Trinajstić information content (AvgIpc) is 2.32. The van der Waals surface area contributed by atoms with E-state index in [1.165, 1.54) is 0 Å². The molecule has 7 heteroatoms. The molecule has 1 amide bonds. The van der Waals surface area contributed by atoms with Crippen molar-refractivity contribution in [2.75, 3.05) is 13.6 Å². The third-order valence-electron chi connectivity index (χ3n) is 2.68. The molecule has 0 unspecified atom stereocenters. The van der Waals surface area contributed by atoms with Crippen molar-refractivity contribution in [2.24, 2.45) is 0 Å². The molecular weight excluding hydrogens is 252 g/mol. The van der Waals surface area contributed by atoms with Gasteiger partial charge in [-0.15, -0.1) is 0 Å². The Labute approximate surface area is 112 Å². The van der Waals surface area contributed by atoms with Gasteiger partial charge in [0.2, 0.25) is 5.91 Å². The molecule has 0 aromatic heterocycles. The highest BCUT2D eigenvalue weighted by molar-refractivity contribution is 5.76. The van der Waals surface area contributed by atoms with Crippen LogP contribution >= 0.6 is 0 Å². The van der Waals surface area contributed by atoms with E-state index in [0.717, 1.165) is 0 Å². The number of rotatable bonds is 11. The van der Waals surface area contributed by atoms with E-state index in [-0.39, 0.29) is 18.7 Å². The predicted octanol–water partition coefficient (Wildman–Crippen LogP) is 0.200. The number of unbranched alkanes of at least 4 members (excludes halogenated alkanes) is 1. The highest BCUT2D eigenvalue weighted by Gasteiger charge is 2.13. The van der Waals surface area contributed by atoms with Gasteiger partial charge in [0.05, 0.1) is 0 Å². The second-order valence-electron chi connectivity index (χ2n) is 4.27. The minimum atomic E-state index is -0.903. The van der Waals surface area contributed by atoms with Crippen molar-refractivity contribution in [2.45, 2.75) is 44.6 Å². The van der Waals surface area contributed by atoms with E-state index in [4.69, 9.17) is 10.2 Å². The Hall–Kier alpha value is -1.63. The van der Waals surface area contributed by atoms with Gasteiger partial charge in [-0.2, -0.15) is 0 Å². The summed E-state index contributed by atoms with van der Waals surface area (Å²) in [7, 11) is 1.60. The summed E-state index contributed by atoms with van der Waals surface area (Å²) in [4.78, 5) is 32.2. The highest BCUT2D eigenvalue weighted by Crippen LogP contribution is 2.01. The van der Waals surface area contributed by atoms with Gasteiger partial charge in [0.25, 0.3) is 0 Å². The molecule has 7 nitrogen and oxygen atoms in total. The first-order valence-electron chi connectivity index (χ1n) is 6.36. The number of amides is 1. The molecule has 19 heavy (non-hydrogen) atoms. The van der Waals surface area contributed by atoms with Crippen LogP contribution in [-0.2, 0) is 14.4 Å². The summed E-state index contributed by atoms with van der Waals surface area (Å²) in [6.07, 6.45) is 2.46. The lowest BCUT2D eigenvalue weighted by molar-refractivity contribution is -0.140. The molecule has 1 atom stereocenters. The van der Waals surface area contributed by atoms with Gasteiger partial charge in [-0.05, 0) is 32.7 Å². The average molecular weight is 274 g/mol. The van der Waals surface area contributed by atoms with Gasteiger partial charge in [-0.1, -0.05) is 0 Å². The number of carbonyl (C=O) groups excluding carboxylic acids is 1. The minimum Gasteiger partial charge on any atom is -0.481 e. The smallest absolute Gasteiger partial charge is 0.320 e. The number of aliphatic carboxylic acids is 2. The molecule has 0 radical (unpaired) electrons. The zero-order valence-corrected chi connectivity index (χ0v) is 11.1. The lowest BCUT2D eigenvalue weighted by atomic mass is 10.1. The summed E-state index contributed by atoms with van der Waals surface area (Å²) in [6, 6.07) is -0.550. The van der Waals surface area contributed by atoms with Gasteiger partial charge in [0, 0.05) is 19.4 Å². The van der Waals surface area contributed by atoms with Crippen molar-refractivity contribution < 1.29 is 24.6 Å². The second-order valence-corrected chi connectivity index (χ2v) is 4.27. The SMILES string of the molecule is CN[C@@H](CCCCNC(=O)CCCC(=O)O)C(=O)O. The number of hydrogen-bond acceptors (Lipinski definition) is 4. The van der Waals surface area contributed by atoms with Gasteiger partial charge in [0.1, 0.15) is 6.04 Å². The molecule has 0 heterocycles. The zero-order chi connectivity index (χ0) is 14.7. The first-order chi connectivity index (χ1) is 8.97. The van der Waals surface area contributed by atoms with Crippen LogP contribution in [0.1, 0.15) is 38.5 Å². The quantitative estimate of drug-likeness (QED) is 0.400. The maximum absolute atomic E-state index is 11.3. The van der Waals surface area contributed by atoms with Crippen molar-refractivity contribution in [3.8, 4) is 0 Å². The van der Waals surface area contributed by atoms with Crippen molar-refractivity contribution in [3.63, 3.8) is 0 Å². The van der Waals surface area contributed by atoms with E-state index in [2.05, 4.69) is 10.6 Å². The van der Waals surface area contributed by atoms with E-state index in [1.807, 2.05) is 0 Å². The molecule has 0 spiro atoms. The molecule has 0 aliphatic carbocycles. The number of carbonyl (C=O) groups is 3. The predicted molar refractivity (Wildman–Crippen MR) is 68.8 cm³/mol. The van der Waals surface area contributed by atoms with Crippen LogP contribution in [-0.4, -0.2) is 47.7 Å². The lowest BCUT2D eigenvalue weighted by Gasteiger charge is -2.10. The Morgan fingerprint density at radius 2 is 1.74 bits per heavy atom. The molecule has 0 bridgehead atoms. The van der Waals surface area contributed by atoms with Crippen LogP contribution in [0.15, 0.2) is 0 Å². The minimum absolute atomic E-state index is 0.00409. The van der Waals surface area contributed by atoms with E-state index >= 15 is 0 Å². The number of hydrogen-bond donors (Lipinski definition) is 4. The molecule has 0 aromatic rings. The van der Waals surface area contributed by atoms with E-state index in [0.29, 0.717) is 32.2 Å². The summed E-state index contributed by atoms with van der Waals surface area (Å²) < 4.78 is 0. The molecule has 4 N–H and O–H groups in total. The summed E-state index contributed by atoms with van der Waals surface area (Å²) in [5.41, 5.74) is 0. The van der Waals surface area contributed by atoms with E-state index in [9.17, 15) is 14.4 Å².